The third-order valence-corrected chi connectivity index (χ3v) is 4.34. The van der Waals surface area contributed by atoms with Crippen molar-refractivity contribution < 1.29 is 9.47 Å². The Morgan fingerprint density at radius 3 is 2.04 bits per heavy atom. The van der Waals surface area contributed by atoms with Gasteiger partial charge in [-0.2, -0.15) is 0 Å². The highest BCUT2D eigenvalue weighted by Crippen LogP contribution is 2.17. The fourth-order valence-electron chi connectivity index (χ4n) is 2.68. The lowest BCUT2D eigenvalue weighted by Crippen LogP contribution is -2.11. The van der Waals surface area contributed by atoms with Crippen molar-refractivity contribution in [3.8, 4) is 11.5 Å². The monoisotopic (exact) mass is 381 g/mol. The van der Waals surface area contributed by atoms with Gasteiger partial charge >= 0.3 is 0 Å². The van der Waals surface area contributed by atoms with E-state index >= 15 is 0 Å². The number of rotatable bonds is 10. The molecule has 0 aliphatic carbocycles. The zero-order chi connectivity index (χ0) is 18.7. The Morgan fingerprint density at radius 2 is 1.33 bits per heavy atom. The molecule has 27 heavy (non-hydrogen) atoms. The smallest absolute Gasteiger partial charge is 0.119 e. The molecule has 0 atom stereocenters. The van der Waals surface area contributed by atoms with Crippen LogP contribution in [-0.4, -0.2) is 19.8 Å². The van der Waals surface area contributed by atoms with Crippen LogP contribution in [-0.2, 0) is 6.42 Å². The molecule has 0 amide bonds. The van der Waals surface area contributed by atoms with Crippen molar-refractivity contribution in [3.63, 3.8) is 0 Å². The molecule has 3 nitrogen and oxygen atoms in total. The third-order valence-electron chi connectivity index (χ3n) is 4.09. The first-order chi connectivity index (χ1) is 13.3. The Labute approximate surface area is 165 Å². The number of aryl methyl sites for hydroxylation is 1. The van der Waals surface area contributed by atoms with Gasteiger partial charge in [-0.05, 0) is 66.9 Å². The van der Waals surface area contributed by atoms with E-state index in [1.54, 1.807) is 0 Å². The van der Waals surface area contributed by atoms with Crippen molar-refractivity contribution >= 4 is 17.3 Å². The van der Waals surface area contributed by atoms with Crippen molar-refractivity contribution in [2.24, 2.45) is 0 Å². The normalized spacial score (nSPS) is 10.4. The maximum atomic E-state index is 5.86. The van der Waals surface area contributed by atoms with E-state index in [9.17, 15) is 0 Å². The fourth-order valence-corrected chi connectivity index (χ4v) is 2.80. The molecular weight excluding hydrogens is 358 g/mol. The van der Waals surface area contributed by atoms with Crippen LogP contribution in [0.3, 0.4) is 0 Å². The molecule has 0 spiro atoms. The molecule has 0 saturated carbocycles. The molecule has 4 heteroatoms. The van der Waals surface area contributed by atoms with Gasteiger partial charge in [-0.25, -0.2) is 0 Å². The lowest BCUT2D eigenvalue weighted by Gasteiger charge is -2.10. The summed E-state index contributed by atoms with van der Waals surface area (Å²) in [5.74, 6) is 1.71. The zero-order valence-corrected chi connectivity index (χ0v) is 16.0. The summed E-state index contributed by atoms with van der Waals surface area (Å²) in [5.41, 5.74) is 2.40. The Hall–Kier alpha value is -2.65. The number of ether oxygens (including phenoxy) is 2. The molecule has 0 unspecified atom stereocenters. The Morgan fingerprint density at radius 1 is 0.704 bits per heavy atom. The number of anilines is 1. The molecule has 0 fully saturated rings. The first-order valence-electron chi connectivity index (χ1n) is 9.19. The molecule has 3 aromatic rings. The van der Waals surface area contributed by atoms with Crippen LogP contribution in [0.1, 0.15) is 12.0 Å². The molecule has 0 aromatic heterocycles. The number of benzene rings is 3. The van der Waals surface area contributed by atoms with E-state index in [4.69, 9.17) is 21.1 Å². The summed E-state index contributed by atoms with van der Waals surface area (Å²) in [7, 11) is 0. The summed E-state index contributed by atoms with van der Waals surface area (Å²) in [5, 5.41) is 4.05. The van der Waals surface area contributed by atoms with Crippen molar-refractivity contribution in [2.45, 2.75) is 12.8 Å². The highest BCUT2D eigenvalue weighted by molar-refractivity contribution is 6.30. The van der Waals surface area contributed by atoms with Crippen LogP contribution < -0.4 is 14.8 Å². The van der Waals surface area contributed by atoms with E-state index in [1.807, 2.05) is 54.6 Å². The molecule has 0 heterocycles. The van der Waals surface area contributed by atoms with Gasteiger partial charge in [-0.15, -0.1) is 0 Å². The van der Waals surface area contributed by atoms with E-state index in [0.29, 0.717) is 11.6 Å². The summed E-state index contributed by atoms with van der Waals surface area (Å²) in [6, 6.07) is 25.9. The molecule has 0 bridgehead atoms. The molecule has 0 aliphatic heterocycles. The first kappa shape index (κ1) is 19.1. The number of hydrogen-bond acceptors (Lipinski definition) is 3. The number of hydrogen-bond donors (Lipinski definition) is 1. The minimum atomic E-state index is 0.583. The van der Waals surface area contributed by atoms with Gasteiger partial charge in [0, 0.05) is 17.3 Å². The Balaban J connectivity index is 1.31. The Kier molecular flexibility index (Phi) is 7.43. The summed E-state index contributed by atoms with van der Waals surface area (Å²) in [6.45, 7) is 2.02. The number of nitrogens with one attached hydrogen (secondary N) is 1. The summed E-state index contributed by atoms with van der Waals surface area (Å²) in [4.78, 5) is 0. The first-order valence-corrected chi connectivity index (χ1v) is 9.56. The van der Waals surface area contributed by atoms with Crippen LogP contribution in [0.15, 0.2) is 78.9 Å². The van der Waals surface area contributed by atoms with Crippen LogP contribution in [0.4, 0.5) is 5.69 Å². The molecule has 140 valence electrons. The summed E-state index contributed by atoms with van der Waals surface area (Å²) in [6.07, 6.45) is 2.04. The maximum absolute atomic E-state index is 5.86. The standard InChI is InChI=1S/C23H24ClNO2/c24-20-8-12-22(13-9-20)27-18-16-25-21-10-14-23(15-11-21)26-17-4-7-19-5-2-1-3-6-19/h1-3,5-6,8-15,25H,4,7,16-18H2. The predicted octanol–water partition coefficient (Wildman–Crippen LogP) is 5.84. The van der Waals surface area contributed by atoms with E-state index in [-0.39, 0.29) is 0 Å². The topological polar surface area (TPSA) is 30.5 Å². The third kappa shape index (κ3) is 6.87. The molecule has 3 aromatic carbocycles. The van der Waals surface area contributed by atoms with Crippen LogP contribution in [0.25, 0.3) is 0 Å². The molecule has 1 N–H and O–H groups in total. The van der Waals surface area contributed by atoms with Crippen molar-refractivity contribution in [3.05, 3.63) is 89.4 Å². The van der Waals surface area contributed by atoms with Crippen molar-refractivity contribution in [2.75, 3.05) is 25.1 Å². The van der Waals surface area contributed by atoms with Crippen LogP contribution in [0.2, 0.25) is 5.02 Å². The van der Waals surface area contributed by atoms with E-state index in [1.165, 1.54) is 5.56 Å². The van der Waals surface area contributed by atoms with Crippen LogP contribution in [0.5, 0.6) is 11.5 Å². The van der Waals surface area contributed by atoms with Gasteiger partial charge in [0.1, 0.15) is 18.1 Å². The average Bonchev–Trinajstić information content (AvgIpc) is 2.72. The second-order valence-corrected chi connectivity index (χ2v) is 6.63. The highest BCUT2D eigenvalue weighted by atomic mass is 35.5. The van der Waals surface area contributed by atoms with Crippen LogP contribution in [0, 0.1) is 0 Å². The van der Waals surface area contributed by atoms with Gasteiger partial charge in [-0.1, -0.05) is 41.9 Å². The minimum absolute atomic E-state index is 0.583. The fraction of sp³-hybridized carbons (Fsp3) is 0.217. The second-order valence-electron chi connectivity index (χ2n) is 6.19. The van der Waals surface area contributed by atoms with Gasteiger partial charge in [0.15, 0.2) is 0 Å². The van der Waals surface area contributed by atoms with Crippen LogP contribution >= 0.6 is 11.6 Å². The molecule has 0 aliphatic rings. The van der Waals surface area contributed by atoms with Gasteiger partial charge in [-0.3, -0.25) is 0 Å². The van der Waals surface area contributed by atoms with Gasteiger partial charge in [0.2, 0.25) is 0 Å². The van der Waals surface area contributed by atoms with Gasteiger partial charge in [0.25, 0.3) is 0 Å². The molecular formula is C23H24ClNO2. The molecule has 0 saturated heterocycles. The lowest BCUT2D eigenvalue weighted by atomic mass is 10.1. The van der Waals surface area contributed by atoms with Crippen molar-refractivity contribution in [1.29, 1.82) is 0 Å². The minimum Gasteiger partial charge on any atom is -0.494 e. The maximum Gasteiger partial charge on any atom is 0.119 e. The largest absolute Gasteiger partial charge is 0.494 e. The predicted molar refractivity (Wildman–Crippen MR) is 112 cm³/mol. The van der Waals surface area contributed by atoms with Crippen molar-refractivity contribution in [1.82, 2.24) is 0 Å². The molecule has 0 radical (unpaired) electrons. The van der Waals surface area contributed by atoms with Gasteiger partial charge in [0.05, 0.1) is 6.61 Å². The van der Waals surface area contributed by atoms with E-state index in [2.05, 4.69) is 29.6 Å². The summed E-state index contributed by atoms with van der Waals surface area (Å²) >= 11 is 5.86. The lowest BCUT2D eigenvalue weighted by molar-refractivity contribution is 0.311. The van der Waals surface area contributed by atoms with Gasteiger partial charge < -0.3 is 14.8 Å². The highest BCUT2D eigenvalue weighted by Gasteiger charge is 1.98. The Bertz CT molecular complexity index is 789. The SMILES string of the molecule is Clc1ccc(OCCNc2ccc(OCCCc3ccccc3)cc2)cc1. The zero-order valence-electron chi connectivity index (χ0n) is 15.2. The average molecular weight is 382 g/mol. The molecule has 3 rings (SSSR count). The van der Waals surface area contributed by atoms with E-state index in [0.717, 1.165) is 43.2 Å². The van der Waals surface area contributed by atoms with E-state index < -0.39 is 0 Å². The number of halogens is 1. The quantitative estimate of drug-likeness (QED) is 0.447. The summed E-state index contributed by atoms with van der Waals surface area (Å²) < 4.78 is 11.5. The second kappa shape index (κ2) is 10.5.